The number of carbonyl (C=O) groups is 3. The Kier molecular flexibility index (Phi) is 4.57. The van der Waals surface area contributed by atoms with Crippen molar-refractivity contribution in [2.45, 2.75) is 11.1 Å². The molecule has 126 valence electrons. The Balaban J connectivity index is 1.80. The second-order valence-electron chi connectivity index (χ2n) is 5.22. The van der Waals surface area contributed by atoms with Crippen molar-refractivity contribution in [2.24, 2.45) is 0 Å². The molecule has 1 aliphatic heterocycles. The van der Waals surface area contributed by atoms with Crippen molar-refractivity contribution in [1.82, 2.24) is 9.88 Å². The van der Waals surface area contributed by atoms with Gasteiger partial charge in [-0.2, -0.15) is 5.26 Å². The SMILES string of the molecule is Cc1nc(NC(=O)c2ccc3c(c2)C(=O)N(C)C3=O)sc1SCC#N. The number of rotatable bonds is 4. The maximum Gasteiger partial charge on any atom is 0.261 e. The van der Waals surface area contributed by atoms with Gasteiger partial charge in [0, 0.05) is 12.6 Å². The first kappa shape index (κ1) is 17.1. The van der Waals surface area contributed by atoms with Gasteiger partial charge in [-0.1, -0.05) is 23.1 Å². The van der Waals surface area contributed by atoms with Crippen LogP contribution in [0.25, 0.3) is 0 Å². The lowest BCUT2D eigenvalue weighted by Gasteiger charge is -2.03. The van der Waals surface area contributed by atoms with Gasteiger partial charge in [0.05, 0.1) is 32.9 Å². The van der Waals surface area contributed by atoms with E-state index in [9.17, 15) is 14.4 Å². The van der Waals surface area contributed by atoms with Crippen molar-refractivity contribution < 1.29 is 14.4 Å². The van der Waals surface area contributed by atoms with E-state index in [1.54, 1.807) is 6.92 Å². The van der Waals surface area contributed by atoms with Crippen LogP contribution in [0.4, 0.5) is 5.13 Å². The normalized spacial score (nSPS) is 12.9. The number of hydrogen-bond acceptors (Lipinski definition) is 7. The molecule has 9 heteroatoms. The Bertz CT molecular complexity index is 945. The zero-order valence-electron chi connectivity index (χ0n) is 13.3. The van der Waals surface area contributed by atoms with E-state index in [0.717, 1.165) is 14.8 Å². The number of nitrogens with one attached hydrogen (secondary N) is 1. The van der Waals surface area contributed by atoms with Crippen molar-refractivity contribution in [3.05, 3.63) is 40.6 Å². The van der Waals surface area contributed by atoms with Crippen molar-refractivity contribution in [2.75, 3.05) is 18.1 Å². The second kappa shape index (κ2) is 6.66. The number of thioether (sulfide) groups is 1. The highest BCUT2D eigenvalue weighted by molar-refractivity contribution is 8.01. The third-order valence-corrected chi connectivity index (χ3v) is 5.90. The van der Waals surface area contributed by atoms with Crippen molar-refractivity contribution >= 4 is 46.0 Å². The standard InChI is InChI=1S/C16H12N4O3S2/c1-8-15(24-6-5-17)25-16(18-8)19-12(21)9-3-4-10-11(7-9)14(23)20(2)13(10)22/h3-4,7H,6H2,1-2H3,(H,18,19,21). The number of aromatic nitrogens is 1. The van der Waals surface area contributed by atoms with Crippen LogP contribution in [0.1, 0.15) is 36.8 Å². The summed E-state index contributed by atoms with van der Waals surface area (Å²) < 4.78 is 0.869. The minimum Gasteiger partial charge on any atom is -0.298 e. The maximum absolute atomic E-state index is 12.4. The lowest BCUT2D eigenvalue weighted by molar-refractivity contribution is 0.0693. The summed E-state index contributed by atoms with van der Waals surface area (Å²) in [6.07, 6.45) is 0. The first-order valence-corrected chi connectivity index (χ1v) is 8.97. The Morgan fingerprint density at radius 2 is 2.08 bits per heavy atom. The average molecular weight is 372 g/mol. The molecule has 1 aliphatic rings. The zero-order chi connectivity index (χ0) is 18.1. The smallest absolute Gasteiger partial charge is 0.261 e. The fourth-order valence-electron chi connectivity index (χ4n) is 2.34. The van der Waals surface area contributed by atoms with Crippen LogP contribution in [-0.4, -0.2) is 40.4 Å². The number of nitrogens with zero attached hydrogens (tertiary/aromatic N) is 3. The summed E-state index contributed by atoms with van der Waals surface area (Å²) in [5.41, 5.74) is 1.54. The molecule has 0 spiro atoms. The molecule has 1 aromatic carbocycles. The van der Waals surface area contributed by atoms with Gasteiger partial charge in [0.15, 0.2) is 5.13 Å². The van der Waals surface area contributed by atoms with Gasteiger partial charge in [-0.05, 0) is 25.1 Å². The minimum atomic E-state index is -0.421. The van der Waals surface area contributed by atoms with Gasteiger partial charge in [0.1, 0.15) is 0 Å². The number of imide groups is 1. The highest BCUT2D eigenvalue weighted by Gasteiger charge is 2.33. The second-order valence-corrected chi connectivity index (χ2v) is 7.47. The van der Waals surface area contributed by atoms with Gasteiger partial charge < -0.3 is 0 Å². The molecule has 3 rings (SSSR count). The molecule has 7 nitrogen and oxygen atoms in total. The van der Waals surface area contributed by atoms with Crippen LogP contribution < -0.4 is 5.32 Å². The summed E-state index contributed by atoms with van der Waals surface area (Å²) >= 11 is 2.65. The largest absolute Gasteiger partial charge is 0.298 e. The van der Waals surface area contributed by atoms with E-state index in [0.29, 0.717) is 16.4 Å². The number of benzene rings is 1. The number of anilines is 1. The summed E-state index contributed by atoms with van der Waals surface area (Å²) in [6, 6.07) is 6.45. The average Bonchev–Trinajstić information content (AvgIpc) is 3.05. The maximum atomic E-state index is 12.4. The van der Waals surface area contributed by atoms with E-state index < -0.39 is 11.8 Å². The molecule has 2 aromatic rings. The van der Waals surface area contributed by atoms with E-state index in [-0.39, 0.29) is 17.0 Å². The van der Waals surface area contributed by atoms with E-state index in [1.165, 1.54) is 48.3 Å². The lowest BCUT2D eigenvalue weighted by Crippen LogP contribution is -2.24. The molecule has 25 heavy (non-hydrogen) atoms. The van der Waals surface area contributed by atoms with Crippen LogP contribution in [0.3, 0.4) is 0 Å². The fraction of sp³-hybridized carbons (Fsp3) is 0.188. The highest BCUT2D eigenvalue weighted by atomic mass is 32.2. The van der Waals surface area contributed by atoms with Gasteiger partial charge >= 0.3 is 0 Å². The topological polar surface area (TPSA) is 103 Å². The number of carbonyl (C=O) groups excluding carboxylic acids is 3. The molecule has 0 atom stereocenters. The monoisotopic (exact) mass is 372 g/mol. The van der Waals surface area contributed by atoms with Crippen LogP contribution in [0.5, 0.6) is 0 Å². The molecule has 0 bridgehead atoms. The molecular formula is C16H12N4O3S2. The summed E-state index contributed by atoms with van der Waals surface area (Å²) in [5.74, 6) is -0.898. The van der Waals surface area contributed by atoms with Gasteiger partial charge in [-0.15, -0.1) is 0 Å². The van der Waals surface area contributed by atoms with E-state index >= 15 is 0 Å². The van der Waals surface area contributed by atoms with E-state index in [4.69, 9.17) is 5.26 Å². The van der Waals surface area contributed by atoms with Crippen LogP contribution >= 0.6 is 23.1 Å². The molecule has 0 saturated carbocycles. The number of aryl methyl sites for hydroxylation is 1. The molecular weight excluding hydrogens is 360 g/mol. The summed E-state index contributed by atoms with van der Waals surface area (Å²) in [4.78, 5) is 41.6. The molecule has 0 radical (unpaired) electrons. The molecule has 0 saturated heterocycles. The molecule has 0 fully saturated rings. The van der Waals surface area contributed by atoms with Crippen LogP contribution in [0, 0.1) is 18.3 Å². The summed E-state index contributed by atoms with van der Waals surface area (Å²) in [7, 11) is 1.41. The molecule has 1 N–H and O–H groups in total. The number of nitriles is 1. The molecule has 2 heterocycles. The first-order valence-electron chi connectivity index (χ1n) is 7.17. The van der Waals surface area contributed by atoms with Crippen molar-refractivity contribution in [3.63, 3.8) is 0 Å². The molecule has 1 aromatic heterocycles. The number of fused-ring (bicyclic) bond motifs is 1. The van der Waals surface area contributed by atoms with Gasteiger partial charge in [0.2, 0.25) is 0 Å². The van der Waals surface area contributed by atoms with Gasteiger partial charge in [-0.25, -0.2) is 4.98 Å². The van der Waals surface area contributed by atoms with Crippen molar-refractivity contribution in [3.8, 4) is 6.07 Å². The molecule has 0 unspecified atom stereocenters. The minimum absolute atomic E-state index is 0.223. The predicted molar refractivity (Wildman–Crippen MR) is 94.0 cm³/mol. The van der Waals surface area contributed by atoms with Gasteiger partial charge in [0.25, 0.3) is 17.7 Å². The predicted octanol–water partition coefficient (Wildman–Crippen LogP) is 2.55. The number of amides is 3. The Hall–Kier alpha value is -2.70. The third-order valence-electron chi connectivity index (χ3n) is 3.59. The zero-order valence-corrected chi connectivity index (χ0v) is 15.0. The lowest BCUT2D eigenvalue weighted by atomic mass is 10.1. The summed E-state index contributed by atoms with van der Waals surface area (Å²) in [5, 5.41) is 11.7. The van der Waals surface area contributed by atoms with Crippen LogP contribution in [0.2, 0.25) is 0 Å². The third kappa shape index (κ3) is 3.14. The molecule has 3 amide bonds. The number of hydrogen-bond donors (Lipinski definition) is 1. The Morgan fingerprint density at radius 3 is 2.80 bits per heavy atom. The van der Waals surface area contributed by atoms with Crippen LogP contribution in [-0.2, 0) is 0 Å². The van der Waals surface area contributed by atoms with E-state index in [1.807, 2.05) is 6.07 Å². The first-order chi connectivity index (χ1) is 11.9. The van der Waals surface area contributed by atoms with E-state index in [2.05, 4.69) is 10.3 Å². The Morgan fingerprint density at radius 1 is 1.36 bits per heavy atom. The highest BCUT2D eigenvalue weighted by Crippen LogP contribution is 2.32. The van der Waals surface area contributed by atoms with Gasteiger partial charge in [-0.3, -0.25) is 24.6 Å². The van der Waals surface area contributed by atoms with Crippen molar-refractivity contribution in [1.29, 1.82) is 5.26 Å². The molecule has 0 aliphatic carbocycles. The fourth-order valence-corrected chi connectivity index (χ4v) is 4.13. The number of thiazole rings is 1. The van der Waals surface area contributed by atoms with Crippen LogP contribution in [0.15, 0.2) is 22.4 Å². The Labute approximate surface area is 151 Å². The summed E-state index contributed by atoms with van der Waals surface area (Å²) in [6.45, 7) is 1.81. The quantitative estimate of drug-likeness (QED) is 0.653.